The van der Waals surface area contributed by atoms with E-state index in [4.69, 9.17) is 9.47 Å². The topological polar surface area (TPSA) is 71.3 Å². The molecule has 152 valence electrons. The molecule has 2 aromatic carbocycles. The number of halogens is 1. The third kappa shape index (κ3) is 6.95. The zero-order chi connectivity index (χ0) is 21.2. The molecule has 2 rings (SSSR count). The molecule has 0 aliphatic carbocycles. The second-order valence-electron chi connectivity index (χ2n) is 6.58. The molecule has 6 heteroatoms. The second-order valence-corrected chi connectivity index (χ2v) is 7.44. The summed E-state index contributed by atoms with van der Waals surface area (Å²) >= 11 is 3.49. The lowest BCUT2D eigenvalue weighted by molar-refractivity contribution is -0.117. The fourth-order valence-corrected chi connectivity index (χ4v) is 3.08. The molecule has 0 saturated heterocycles. The number of ether oxygens (including phenoxy) is 2. The highest BCUT2D eigenvalue weighted by molar-refractivity contribution is 9.10. The number of hydrogen-bond acceptors (Lipinski definition) is 4. The van der Waals surface area contributed by atoms with Crippen molar-refractivity contribution in [3.63, 3.8) is 0 Å². The number of benzene rings is 2. The van der Waals surface area contributed by atoms with Gasteiger partial charge < -0.3 is 14.8 Å². The van der Waals surface area contributed by atoms with E-state index in [0.717, 1.165) is 5.56 Å². The van der Waals surface area contributed by atoms with Crippen molar-refractivity contribution in [2.24, 2.45) is 0 Å². The summed E-state index contributed by atoms with van der Waals surface area (Å²) in [6, 6.07) is 15.4. The number of amides is 1. The van der Waals surface area contributed by atoms with Crippen LogP contribution in [0.4, 0.5) is 0 Å². The summed E-state index contributed by atoms with van der Waals surface area (Å²) in [5, 5.41) is 12.3. The number of rotatable bonds is 9. The van der Waals surface area contributed by atoms with Gasteiger partial charge in [0.1, 0.15) is 11.6 Å². The molecule has 0 atom stereocenters. The molecule has 0 aliphatic rings. The average molecular weight is 457 g/mol. The summed E-state index contributed by atoms with van der Waals surface area (Å²) in [7, 11) is 0. The SMILES string of the molecule is CCOc1cc(C=C(C#N)C(=O)NCCc2ccccc2)c(Br)cc1OC(C)C. The molecule has 2 aromatic rings. The van der Waals surface area contributed by atoms with E-state index in [1.807, 2.05) is 57.2 Å². The van der Waals surface area contributed by atoms with Gasteiger partial charge in [-0.25, -0.2) is 0 Å². The van der Waals surface area contributed by atoms with Crippen molar-refractivity contribution < 1.29 is 14.3 Å². The monoisotopic (exact) mass is 456 g/mol. The Labute approximate surface area is 180 Å². The average Bonchev–Trinajstić information content (AvgIpc) is 2.69. The van der Waals surface area contributed by atoms with E-state index < -0.39 is 5.91 Å². The van der Waals surface area contributed by atoms with Crippen LogP contribution in [-0.2, 0) is 11.2 Å². The van der Waals surface area contributed by atoms with Crippen molar-refractivity contribution in [2.45, 2.75) is 33.3 Å². The lowest BCUT2D eigenvalue weighted by Crippen LogP contribution is -2.26. The van der Waals surface area contributed by atoms with E-state index in [-0.39, 0.29) is 11.7 Å². The number of carbonyl (C=O) groups is 1. The zero-order valence-electron chi connectivity index (χ0n) is 16.9. The predicted octanol–water partition coefficient (Wildman–Crippen LogP) is 4.90. The molecule has 0 unspecified atom stereocenters. The minimum atomic E-state index is -0.407. The minimum absolute atomic E-state index is 0.00689. The molecule has 0 heterocycles. The number of hydrogen-bond donors (Lipinski definition) is 1. The van der Waals surface area contributed by atoms with E-state index in [1.54, 1.807) is 18.2 Å². The highest BCUT2D eigenvalue weighted by Crippen LogP contribution is 2.35. The largest absolute Gasteiger partial charge is 0.490 e. The van der Waals surface area contributed by atoms with Crippen LogP contribution in [0.1, 0.15) is 31.9 Å². The first-order valence-electron chi connectivity index (χ1n) is 9.51. The molecule has 0 aromatic heterocycles. The Balaban J connectivity index is 2.17. The van der Waals surface area contributed by atoms with Crippen LogP contribution < -0.4 is 14.8 Å². The second kappa shape index (κ2) is 11.3. The lowest BCUT2D eigenvalue weighted by Gasteiger charge is -2.16. The van der Waals surface area contributed by atoms with Crippen LogP contribution >= 0.6 is 15.9 Å². The molecule has 1 N–H and O–H groups in total. The fourth-order valence-electron chi connectivity index (χ4n) is 2.64. The Hall–Kier alpha value is -2.78. The van der Waals surface area contributed by atoms with Gasteiger partial charge in [-0.1, -0.05) is 46.3 Å². The maximum absolute atomic E-state index is 12.4. The number of nitriles is 1. The van der Waals surface area contributed by atoms with Crippen LogP contribution in [0.15, 0.2) is 52.5 Å². The Kier molecular flexibility index (Phi) is 8.75. The van der Waals surface area contributed by atoms with Gasteiger partial charge >= 0.3 is 0 Å². The van der Waals surface area contributed by atoms with Crippen LogP contribution in [0, 0.1) is 11.3 Å². The summed E-state index contributed by atoms with van der Waals surface area (Å²) < 4.78 is 12.2. The Morgan fingerprint density at radius 2 is 1.97 bits per heavy atom. The van der Waals surface area contributed by atoms with E-state index >= 15 is 0 Å². The van der Waals surface area contributed by atoms with Gasteiger partial charge in [-0.2, -0.15) is 5.26 Å². The van der Waals surface area contributed by atoms with Crippen molar-refractivity contribution in [1.82, 2.24) is 5.32 Å². The molecule has 0 bridgehead atoms. The normalized spacial score (nSPS) is 11.1. The minimum Gasteiger partial charge on any atom is -0.490 e. The Morgan fingerprint density at radius 1 is 1.24 bits per heavy atom. The molecule has 1 amide bonds. The van der Waals surface area contributed by atoms with Crippen molar-refractivity contribution in [3.8, 4) is 17.6 Å². The van der Waals surface area contributed by atoms with Gasteiger partial charge in [0.15, 0.2) is 11.5 Å². The summed E-state index contributed by atoms with van der Waals surface area (Å²) in [6.07, 6.45) is 2.24. The molecule has 0 aliphatic heterocycles. The maximum atomic E-state index is 12.4. The van der Waals surface area contributed by atoms with Gasteiger partial charge in [0.25, 0.3) is 5.91 Å². The predicted molar refractivity (Wildman–Crippen MR) is 118 cm³/mol. The molecular formula is C23H25BrN2O3. The van der Waals surface area contributed by atoms with E-state index in [2.05, 4.69) is 21.2 Å². The first kappa shape index (κ1) is 22.5. The molecule has 5 nitrogen and oxygen atoms in total. The number of carbonyl (C=O) groups excluding carboxylic acids is 1. The van der Waals surface area contributed by atoms with Crippen molar-refractivity contribution >= 4 is 27.9 Å². The van der Waals surface area contributed by atoms with Gasteiger partial charge in [0.2, 0.25) is 0 Å². The molecule has 0 fully saturated rings. The highest BCUT2D eigenvalue weighted by Gasteiger charge is 2.14. The van der Waals surface area contributed by atoms with Crippen LogP contribution in [0.2, 0.25) is 0 Å². The Morgan fingerprint density at radius 3 is 2.59 bits per heavy atom. The van der Waals surface area contributed by atoms with Crippen LogP contribution in [0.25, 0.3) is 6.08 Å². The molecule has 0 spiro atoms. The van der Waals surface area contributed by atoms with Gasteiger partial charge in [-0.05, 0) is 56.5 Å². The summed E-state index contributed by atoms with van der Waals surface area (Å²) in [5.41, 5.74) is 1.82. The van der Waals surface area contributed by atoms with Crippen LogP contribution in [-0.4, -0.2) is 25.2 Å². The fraction of sp³-hybridized carbons (Fsp3) is 0.304. The van der Waals surface area contributed by atoms with Gasteiger partial charge in [0, 0.05) is 11.0 Å². The van der Waals surface area contributed by atoms with Crippen LogP contribution in [0.5, 0.6) is 11.5 Å². The quantitative estimate of drug-likeness (QED) is 0.430. The first-order chi connectivity index (χ1) is 13.9. The van der Waals surface area contributed by atoms with Crippen molar-refractivity contribution in [1.29, 1.82) is 5.26 Å². The van der Waals surface area contributed by atoms with Gasteiger partial charge in [-0.3, -0.25) is 4.79 Å². The maximum Gasteiger partial charge on any atom is 0.261 e. The molecule has 0 radical (unpaired) electrons. The third-order valence-corrected chi connectivity index (χ3v) is 4.62. The standard InChI is InChI=1S/C23H25BrN2O3/c1-4-28-21-13-18(20(24)14-22(21)29-16(2)3)12-19(15-25)23(27)26-11-10-17-8-6-5-7-9-17/h5-9,12-14,16H,4,10-11H2,1-3H3,(H,26,27). The smallest absolute Gasteiger partial charge is 0.261 e. The first-order valence-corrected chi connectivity index (χ1v) is 10.3. The lowest BCUT2D eigenvalue weighted by atomic mass is 10.1. The van der Waals surface area contributed by atoms with E-state index in [0.29, 0.717) is 41.1 Å². The van der Waals surface area contributed by atoms with Crippen molar-refractivity contribution in [2.75, 3.05) is 13.2 Å². The molecule has 0 saturated carbocycles. The Bertz CT molecular complexity index is 902. The van der Waals surface area contributed by atoms with Gasteiger partial charge in [0.05, 0.1) is 12.7 Å². The van der Waals surface area contributed by atoms with Crippen molar-refractivity contribution in [3.05, 3.63) is 63.6 Å². The van der Waals surface area contributed by atoms with Gasteiger partial charge in [-0.15, -0.1) is 0 Å². The summed E-state index contributed by atoms with van der Waals surface area (Å²) in [4.78, 5) is 12.4. The summed E-state index contributed by atoms with van der Waals surface area (Å²) in [6.45, 7) is 6.69. The highest BCUT2D eigenvalue weighted by atomic mass is 79.9. The molecular weight excluding hydrogens is 432 g/mol. The van der Waals surface area contributed by atoms with E-state index in [1.165, 1.54) is 0 Å². The summed E-state index contributed by atoms with van der Waals surface area (Å²) in [5.74, 6) is 0.768. The van der Waals surface area contributed by atoms with E-state index in [9.17, 15) is 10.1 Å². The third-order valence-electron chi connectivity index (χ3n) is 3.93. The number of nitrogens with one attached hydrogen (secondary N) is 1. The number of nitrogens with zero attached hydrogens (tertiary/aromatic N) is 1. The molecule has 29 heavy (non-hydrogen) atoms. The zero-order valence-corrected chi connectivity index (χ0v) is 18.5. The van der Waals surface area contributed by atoms with Crippen LogP contribution in [0.3, 0.4) is 0 Å².